The van der Waals surface area contributed by atoms with Crippen LogP contribution in [-0.4, -0.2) is 51.4 Å². The number of carbonyl (C=O) groups excluding carboxylic acids is 3. The molecule has 1 saturated heterocycles. The summed E-state index contributed by atoms with van der Waals surface area (Å²) < 4.78 is 46.8. The first-order valence-corrected chi connectivity index (χ1v) is 15.4. The third kappa shape index (κ3) is 5.52. The molecule has 5 rings (SSSR count). The highest BCUT2D eigenvalue weighted by Crippen LogP contribution is 2.42. The number of nitrogens with one attached hydrogen (secondary N) is 2. The van der Waals surface area contributed by atoms with Gasteiger partial charge in [0.25, 0.3) is 5.91 Å². The zero-order valence-electron chi connectivity index (χ0n) is 23.4. The lowest BCUT2D eigenvalue weighted by atomic mass is 9.95. The monoisotopic (exact) mass is 591 g/mol. The molecule has 218 valence electrons. The predicted molar refractivity (Wildman–Crippen MR) is 158 cm³/mol. The van der Waals surface area contributed by atoms with E-state index in [1.807, 2.05) is 0 Å². The van der Waals surface area contributed by atoms with Gasteiger partial charge < -0.3 is 15.1 Å². The fraction of sp³-hybridized carbons (Fsp3) is 0.258. The van der Waals surface area contributed by atoms with E-state index in [1.54, 1.807) is 50.2 Å². The molecule has 3 aromatic carbocycles. The fourth-order valence-electron chi connectivity index (χ4n) is 5.21. The Labute approximate surface area is 242 Å². The zero-order chi connectivity index (χ0) is 30.2. The SMILES string of the molecule is CCC(=O)c1c(-c2ccc(F)cc2)oc2cc(N(CC)S(C)(=O)=O)c(-c3cccc(C(=O)N[C@@H]4CCNC4=O)c3)cc12. The first kappa shape index (κ1) is 29.0. The summed E-state index contributed by atoms with van der Waals surface area (Å²) in [4.78, 5) is 38.3. The molecule has 0 saturated carbocycles. The molecule has 2 N–H and O–H groups in total. The number of ketones is 1. The van der Waals surface area contributed by atoms with Crippen molar-refractivity contribution in [3.05, 3.63) is 77.6 Å². The first-order chi connectivity index (χ1) is 20.0. The molecular weight excluding hydrogens is 561 g/mol. The normalized spacial score (nSPS) is 15.0. The molecule has 0 bridgehead atoms. The van der Waals surface area contributed by atoms with Crippen LogP contribution < -0.4 is 14.9 Å². The maximum Gasteiger partial charge on any atom is 0.251 e. The van der Waals surface area contributed by atoms with Gasteiger partial charge in [0.2, 0.25) is 15.9 Å². The highest BCUT2D eigenvalue weighted by atomic mass is 32.2. The van der Waals surface area contributed by atoms with Crippen molar-refractivity contribution >= 4 is 44.3 Å². The van der Waals surface area contributed by atoms with Gasteiger partial charge in [-0.3, -0.25) is 18.7 Å². The van der Waals surface area contributed by atoms with Gasteiger partial charge in [-0.2, -0.15) is 0 Å². The van der Waals surface area contributed by atoms with E-state index in [0.717, 1.165) is 6.26 Å². The van der Waals surface area contributed by atoms with Crippen molar-refractivity contribution in [1.82, 2.24) is 10.6 Å². The second-order valence-corrected chi connectivity index (χ2v) is 12.0. The summed E-state index contributed by atoms with van der Waals surface area (Å²) in [6, 6.07) is 14.8. The number of benzene rings is 3. The van der Waals surface area contributed by atoms with Crippen LogP contribution in [0.5, 0.6) is 0 Å². The van der Waals surface area contributed by atoms with Gasteiger partial charge in [0.1, 0.15) is 23.2 Å². The number of carbonyl (C=O) groups is 3. The summed E-state index contributed by atoms with van der Waals surface area (Å²) in [7, 11) is -3.74. The van der Waals surface area contributed by atoms with Gasteiger partial charge in [-0.1, -0.05) is 19.1 Å². The zero-order valence-corrected chi connectivity index (χ0v) is 24.2. The number of amides is 2. The molecule has 0 unspecified atom stereocenters. The third-order valence-electron chi connectivity index (χ3n) is 7.26. The van der Waals surface area contributed by atoms with Gasteiger partial charge in [-0.05, 0) is 61.4 Å². The molecule has 1 atom stereocenters. The molecule has 0 aliphatic carbocycles. The van der Waals surface area contributed by atoms with Crippen LogP contribution in [0.4, 0.5) is 10.1 Å². The Bertz CT molecular complexity index is 1810. The smallest absolute Gasteiger partial charge is 0.251 e. The lowest BCUT2D eigenvalue weighted by Crippen LogP contribution is -2.40. The Balaban J connectivity index is 1.72. The molecule has 4 aromatic rings. The second kappa shape index (κ2) is 11.4. The summed E-state index contributed by atoms with van der Waals surface area (Å²) in [6.45, 7) is 4.01. The van der Waals surface area contributed by atoms with E-state index in [2.05, 4.69) is 10.6 Å². The van der Waals surface area contributed by atoms with Crippen LogP contribution in [0.1, 0.15) is 47.4 Å². The maximum absolute atomic E-state index is 13.7. The molecule has 0 spiro atoms. The number of sulfonamides is 1. The summed E-state index contributed by atoms with van der Waals surface area (Å²) in [5.74, 6) is -1.08. The Hall–Kier alpha value is -4.51. The largest absolute Gasteiger partial charge is 0.455 e. The highest BCUT2D eigenvalue weighted by molar-refractivity contribution is 7.92. The van der Waals surface area contributed by atoms with E-state index in [0.29, 0.717) is 46.3 Å². The van der Waals surface area contributed by atoms with Crippen molar-refractivity contribution in [2.75, 3.05) is 23.7 Å². The van der Waals surface area contributed by atoms with E-state index in [4.69, 9.17) is 4.42 Å². The molecule has 1 fully saturated rings. The molecule has 2 amide bonds. The van der Waals surface area contributed by atoms with E-state index in [-0.39, 0.29) is 41.6 Å². The molecule has 1 aromatic heterocycles. The van der Waals surface area contributed by atoms with Crippen LogP contribution in [0.2, 0.25) is 0 Å². The van der Waals surface area contributed by atoms with Crippen molar-refractivity contribution < 1.29 is 31.6 Å². The number of nitrogens with zero attached hydrogens (tertiary/aromatic N) is 1. The van der Waals surface area contributed by atoms with E-state index in [9.17, 15) is 27.2 Å². The van der Waals surface area contributed by atoms with E-state index in [1.165, 1.54) is 28.6 Å². The van der Waals surface area contributed by atoms with Crippen molar-refractivity contribution in [2.24, 2.45) is 0 Å². The first-order valence-electron chi connectivity index (χ1n) is 13.6. The summed E-state index contributed by atoms with van der Waals surface area (Å²) >= 11 is 0. The van der Waals surface area contributed by atoms with Gasteiger partial charge >= 0.3 is 0 Å². The van der Waals surface area contributed by atoms with Crippen LogP contribution in [0.3, 0.4) is 0 Å². The van der Waals surface area contributed by atoms with Crippen LogP contribution in [0.15, 0.2) is 65.1 Å². The molecule has 1 aliphatic rings. The third-order valence-corrected chi connectivity index (χ3v) is 8.51. The van der Waals surface area contributed by atoms with Crippen LogP contribution in [0.25, 0.3) is 33.4 Å². The molecule has 42 heavy (non-hydrogen) atoms. The number of halogens is 1. The van der Waals surface area contributed by atoms with Crippen molar-refractivity contribution in [3.8, 4) is 22.5 Å². The Morgan fingerprint density at radius 1 is 1.07 bits per heavy atom. The minimum Gasteiger partial charge on any atom is -0.455 e. The average molecular weight is 592 g/mol. The molecule has 1 aliphatic heterocycles. The number of anilines is 1. The van der Waals surface area contributed by atoms with Gasteiger partial charge in [-0.15, -0.1) is 0 Å². The molecular formula is C31H30FN3O6S. The van der Waals surface area contributed by atoms with Gasteiger partial charge in [0.15, 0.2) is 5.78 Å². The van der Waals surface area contributed by atoms with Crippen molar-refractivity contribution in [1.29, 1.82) is 0 Å². The Morgan fingerprint density at radius 3 is 2.43 bits per heavy atom. The summed E-state index contributed by atoms with van der Waals surface area (Å²) in [5, 5.41) is 5.89. The summed E-state index contributed by atoms with van der Waals surface area (Å²) in [5.41, 5.74) is 2.65. The van der Waals surface area contributed by atoms with Crippen molar-refractivity contribution in [2.45, 2.75) is 32.7 Å². The lowest BCUT2D eigenvalue weighted by molar-refractivity contribution is -0.120. The number of furan rings is 1. The number of hydrogen-bond donors (Lipinski definition) is 2. The van der Waals surface area contributed by atoms with Crippen molar-refractivity contribution in [3.63, 3.8) is 0 Å². The number of fused-ring (bicyclic) bond motifs is 1. The highest BCUT2D eigenvalue weighted by Gasteiger charge is 2.28. The minimum absolute atomic E-state index is 0.112. The Kier molecular flexibility index (Phi) is 7.87. The standard InChI is InChI=1S/C31H30FN3O6S/c1-4-26(36)28-23-16-22(19-7-6-8-20(15-19)30(37)34-24-13-14-33-31(24)38)25(35(5-2)42(3,39)40)17-27(23)41-29(28)18-9-11-21(32)12-10-18/h6-12,15-17,24H,4-5,13-14H2,1-3H3,(H,33,38)(H,34,37)/t24-/m1/s1. The van der Waals surface area contributed by atoms with Crippen LogP contribution in [-0.2, 0) is 14.8 Å². The van der Waals surface area contributed by atoms with E-state index < -0.39 is 27.8 Å². The molecule has 11 heteroatoms. The summed E-state index contributed by atoms with van der Waals surface area (Å²) in [6.07, 6.45) is 1.75. The van der Waals surface area contributed by atoms with E-state index >= 15 is 0 Å². The molecule has 0 radical (unpaired) electrons. The number of rotatable bonds is 9. The minimum atomic E-state index is -3.74. The lowest BCUT2D eigenvalue weighted by Gasteiger charge is -2.24. The number of hydrogen-bond acceptors (Lipinski definition) is 6. The van der Waals surface area contributed by atoms with Crippen LogP contribution >= 0.6 is 0 Å². The van der Waals surface area contributed by atoms with Gasteiger partial charge in [-0.25, -0.2) is 12.8 Å². The average Bonchev–Trinajstić information content (AvgIpc) is 3.54. The Morgan fingerprint density at radius 2 is 1.81 bits per heavy atom. The molecule has 2 heterocycles. The quantitative estimate of drug-likeness (QED) is 0.267. The van der Waals surface area contributed by atoms with Crippen LogP contribution in [0, 0.1) is 5.82 Å². The maximum atomic E-state index is 13.7. The fourth-order valence-corrected chi connectivity index (χ4v) is 6.19. The number of Topliss-reactive ketones (excluding diaryl/α,β-unsaturated/α-hetero) is 1. The topological polar surface area (TPSA) is 126 Å². The van der Waals surface area contributed by atoms with Gasteiger partial charge in [0, 0.05) is 47.7 Å². The second-order valence-electron chi connectivity index (χ2n) is 10.1. The van der Waals surface area contributed by atoms with Gasteiger partial charge in [0.05, 0.1) is 17.5 Å². The predicted octanol–water partition coefficient (Wildman–Crippen LogP) is 4.90. The molecule has 9 nitrogen and oxygen atoms in total.